The van der Waals surface area contributed by atoms with E-state index in [4.69, 9.17) is 0 Å². The number of rotatable bonds is 0. The lowest BCUT2D eigenvalue weighted by atomic mass is 9.90. The molecule has 2 fully saturated rings. The molecule has 1 aliphatic carbocycles. The SMILES string of the molecule is CN1CCC(O)C2CCCC21.Cl. The molecule has 12 heavy (non-hydrogen) atoms. The monoisotopic (exact) mass is 191 g/mol. The first-order valence-electron chi connectivity index (χ1n) is 4.67. The van der Waals surface area contributed by atoms with E-state index in [9.17, 15) is 5.11 Å². The Morgan fingerprint density at radius 2 is 2.00 bits per heavy atom. The van der Waals surface area contributed by atoms with Crippen LogP contribution in [0.25, 0.3) is 0 Å². The first-order chi connectivity index (χ1) is 5.29. The van der Waals surface area contributed by atoms with Gasteiger partial charge in [0, 0.05) is 18.5 Å². The largest absolute Gasteiger partial charge is 0.393 e. The number of nitrogens with zero attached hydrogens (tertiary/aromatic N) is 1. The maximum Gasteiger partial charge on any atom is 0.0595 e. The smallest absolute Gasteiger partial charge is 0.0595 e. The summed E-state index contributed by atoms with van der Waals surface area (Å²) < 4.78 is 0. The molecule has 2 aliphatic rings. The van der Waals surface area contributed by atoms with Crippen LogP contribution in [0, 0.1) is 5.92 Å². The van der Waals surface area contributed by atoms with Gasteiger partial charge in [-0.1, -0.05) is 6.42 Å². The highest BCUT2D eigenvalue weighted by atomic mass is 35.5. The second-order valence-electron chi connectivity index (χ2n) is 4.00. The van der Waals surface area contributed by atoms with Crippen LogP contribution in [0.1, 0.15) is 25.7 Å². The number of piperidine rings is 1. The molecule has 0 amide bonds. The molecular weight excluding hydrogens is 174 g/mol. The molecule has 2 rings (SSSR count). The van der Waals surface area contributed by atoms with Crippen LogP contribution >= 0.6 is 12.4 Å². The Morgan fingerprint density at radius 1 is 1.25 bits per heavy atom. The minimum Gasteiger partial charge on any atom is -0.393 e. The molecule has 72 valence electrons. The molecule has 0 radical (unpaired) electrons. The third kappa shape index (κ3) is 1.61. The van der Waals surface area contributed by atoms with E-state index in [1.807, 2.05) is 0 Å². The summed E-state index contributed by atoms with van der Waals surface area (Å²) in [5.74, 6) is 0.591. The van der Waals surface area contributed by atoms with E-state index in [0.29, 0.717) is 12.0 Å². The molecule has 3 unspecified atom stereocenters. The number of likely N-dealkylation sites (tertiary alicyclic amines) is 1. The van der Waals surface area contributed by atoms with Crippen molar-refractivity contribution < 1.29 is 5.11 Å². The van der Waals surface area contributed by atoms with Gasteiger partial charge in [-0.3, -0.25) is 0 Å². The molecule has 0 spiro atoms. The Bertz CT molecular complexity index is 137. The number of aliphatic hydroxyl groups excluding tert-OH is 1. The van der Waals surface area contributed by atoms with Crippen molar-refractivity contribution in [3.05, 3.63) is 0 Å². The van der Waals surface area contributed by atoms with Crippen molar-refractivity contribution in [2.75, 3.05) is 13.6 Å². The molecule has 0 aromatic rings. The minimum atomic E-state index is -0.00120. The second-order valence-corrected chi connectivity index (χ2v) is 4.00. The van der Waals surface area contributed by atoms with E-state index in [1.54, 1.807) is 0 Å². The highest BCUT2D eigenvalue weighted by molar-refractivity contribution is 5.85. The van der Waals surface area contributed by atoms with Crippen LogP contribution in [0.2, 0.25) is 0 Å². The topological polar surface area (TPSA) is 23.5 Å². The zero-order chi connectivity index (χ0) is 7.84. The molecule has 1 saturated carbocycles. The van der Waals surface area contributed by atoms with Gasteiger partial charge in [0.1, 0.15) is 0 Å². The number of halogens is 1. The molecule has 0 bridgehead atoms. The van der Waals surface area contributed by atoms with Gasteiger partial charge >= 0.3 is 0 Å². The lowest BCUT2D eigenvalue weighted by molar-refractivity contribution is 0.00996. The molecule has 0 aromatic carbocycles. The van der Waals surface area contributed by atoms with Crippen molar-refractivity contribution in [1.82, 2.24) is 4.90 Å². The highest BCUT2D eigenvalue weighted by Gasteiger charge is 2.38. The molecule has 1 N–H and O–H groups in total. The summed E-state index contributed by atoms with van der Waals surface area (Å²) in [6.45, 7) is 1.09. The first kappa shape index (κ1) is 10.3. The summed E-state index contributed by atoms with van der Waals surface area (Å²) in [4.78, 5) is 2.42. The van der Waals surface area contributed by atoms with Crippen molar-refractivity contribution in [2.45, 2.75) is 37.8 Å². The maximum atomic E-state index is 9.67. The van der Waals surface area contributed by atoms with Gasteiger partial charge in [0.25, 0.3) is 0 Å². The van der Waals surface area contributed by atoms with Crippen LogP contribution in [0.5, 0.6) is 0 Å². The van der Waals surface area contributed by atoms with Gasteiger partial charge in [0.05, 0.1) is 6.10 Å². The Balaban J connectivity index is 0.000000720. The van der Waals surface area contributed by atoms with Crippen molar-refractivity contribution in [1.29, 1.82) is 0 Å². The summed E-state index contributed by atoms with van der Waals surface area (Å²) in [5, 5.41) is 9.67. The van der Waals surface area contributed by atoms with E-state index in [-0.39, 0.29) is 18.5 Å². The fourth-order valence-electron chi connectivity index (χ4n) is 2.68. The molecule has 1 saturated heterocycles. The molecule has 3 atom stereocenters. The standard InChI is InChI=1S/C9H17NO.ClH/c1-10-6-5-9(11)7-3-2-4-8(7)10;/h7-9,11H,2-6H2,1H3;1H. The Morgan fingerprint density at radius 3 is 2.67 bits per heavy atom. The first-order valence-corrected chi connectivity index (χ1v) is 4.67. The second kappa shape index (κ2) is 3.95. The van der Waals surface area contributed by atoms with Gasteiger partial charge in [0.2, 0.25) is 0 Å². The van der Waals surface area contributed by atoms with Crippen LogP contribution in [-0.2, 0) is 0 Å². The van der Waals surface area contributed by atoms with E-state index in [1.165, 1.54) is 19.3 Å². The molecule has 0 aromatic heterocycles. The Labute approximate surface area is 80.4 Å². The summed E-state index contributed by atoms with van der Waals surface area (Å²) in [7, 11) is 2.19. The summed E-state index contributed by atoms with van der Waals surface area (Å²) in [5.41, 5.74) is 0. The molecule has 2 nitrogen and oxygen atoms in total. The minimum absolute atomic E-state index is 0. The van der Waals surface area contributed by atoms with Crippen molar-refractivity contribution in [3.63, 3.8) is 0 Å². The summed E-state index contributed by atoms with van der Waals surface area (Å²) >= 11 is 0. The lowest BCUT2D eigenvalue weighted by Gasteiger charge is -2.38. The maximum absolute atomic E-state index is 9.67. The highest BCUT2D eigenvalue weighted by Crippen LogP contribution is 2.35. The summed E-state index contributed by atoms with van der Waals surface area (Å²) in [6, 6.07) is 0.693. The molecular formula is C9H18ClNO. The zero-order valence-corrected chi connectivity index (χ0v) is 8.39. The van der Waals surface area contributed by atoms with Crippen LogP contribution in [0.4, 0.5) is 0 Å². The van der Waals surface area contributed by atoms with E-state index in [0.717, 1.165) is 13.0 Å². The van der Waals surface area contributed by atoms with Gasteiger partial charge < -0.3 is 10.0 Å². The van der Waals surface area contributed by atoms with Crippen LogP contribution in [0.15, 0.2) is 0 Å². The van der Waals surface area contributed by atoms with Gasteiger partial charge in [-0.05, 0) is 26.3 Å². The quantitative estimate of drug-likeness (QED) is 0.624. The fraction of sp³-hybridized carbons (Fsp3) is 1.00. The normalized spacial score (nSPS) is 42.0. The Kier molecular flexibility index (Phi) is 3.38. The van der Waals surface area contributed by atoms with E-state index in [2.05, 4.69) is 11.9 Å². The van der Waals surface area contributed by atoms with Gasteiger partial charge in [-0.25, -0.2) is 0 Å². The zero-order valence-electron chi connectivity index (χ0n) is 7.57. The molecule has 1 aliphatic heterocycles. The van der Waals surface area contributed by atoms with Gasteiger partial charge in [-0.2, -0.15) is 0 Å². The van der Waals surface area contributed by atoms with Gasteiger partial charge in [0.15, 0.2) is 0 Å². The van der Waals surface area contributed by atoms with E-state index >= 15 is 0 Å². The van der Waals surface area contributed by atoms with Gasteiger partial charge in [-0.15, -0.1) is 12.4 Å². The molecule has 3 heteroatoms. The van der Waals surface area contributed by atoms with Crippen molar-refractivity contribution in [3.8, 4) is 0 Å². The summed E-state index contributed by atoms with van der Waals surface area (Å²) in [6.07, 6.45) is 4.85. The van der Waals surface area contributed by atoms with Crippen molar-refractivity contribution >= 4 is 12.4 Å². The number of hydrogen-bond acceptors (Lipinski definition) is 2. The number of aliphatic hydroxyl groups is 1. The predicted octanol–water partition coefficient (Wildman–Crippen LogP) is 1.27. The number of fused-ring (bicyclic) bond motifs is 1. The number of hydrogen-bond donors (Lipinski definition) is 1. The van der Waals surface area contributed by atoms with Crippen LogP contribution in [-0.4, -0.2) is 35.7 Å². The lowest BCUT2D eigenvalue weighted by Crippen LogP contribution is -2.46. The Hall–Kier alpha value is 0.210. The predicted molar refractivity (Wildman–Crippen MR) is 51.6 cm³/mol. The third-order valence-electron chi connectivity index (χ3n) is 3.37. The van der Waals surface area contributed by atoms with Crippen molar-refractivity contribution in [2.24, 2.45) is 5.92 Å². The fourth-order valence-corrected chi connectivity index (χ4v) is 2.68. The van der Waals surface area contributed by atoms with Crippen LogP contribution in [0.3, 0.4) is 0 Å². The average molecular weight is 192 g/mol. The van der Waals surface area contributed by atoms with E-state index < -0.39 is 0 Å². The molecule has 1 heterocycles. The van der Waals surface area contributed by atoms with Crippen LogP contribution < -0.4 is 0 Å². The third-order valence-corrected chi connectivity index (χ3v) is 3.37. The average Bonchev–Trinajstić information content (AvgIpc) is 2.45.